The number of aliphatic hydroxyl groups excluding tert-OH is 1. The number of amides is 1. The van der Waals surface area contributed by atoms with Gasteiger partial charge in [0.05, 0.1) is 6.10 Å². The van der Waals surface area contributed by atoms with Gasteiger partial charge in [0.15, 0.2) is 0 Å². The molecule has 1 fully saturated rings. The van der Waals surface area contributed by atoms with Gasteiger partial charge in [-0.2, -0.15) is 0 Å². The SMILES string of the molecule is Cc1ccc(C(N)C(=O)NCC2CCCC2O)cc1. The molecule has 0 aromatic heterocycles. The molecule has 1 saturated carbocycles. The molecule has 1 aliphatic rings. The first kappa shape index (κ1) is 14.0. The molecule has 3 atom stereocenters. The van der Waals surface area contributed by atoms with E-state index in [9.17, 15) is 9.90 Å². The van der Waals surface area contributed by atoms with Crippen molar-refractivity contribution in [2.45, 2.75) is 38.3 Å². The van der Waals surface area contributed by atoms with Crippen molar-refractivity contribution in [3.05, 3.63) is 35.4 Å². The summed E-state index contributed by atoms with van der Waals surface area (Å²) in [5.41, 5.74) is 7.89. The summed E-state index contributed by atoms with van der Waals surface area (Å²) in [6.07, 6.45) is 2.56. The molecule has 0 bridgehead atoms. The van der Waals surface area contributed by atoms with E-state index < -0.39 is 6.04 Å². The molecule has 4 nitrogen and oxygen atoms in total. The van der Waals surface area contributed by atoms with Crippen LogP contribution in [0.4, 0.5) is 0 Å². The van der Waals surface area contributed by atoms with Crippen molar-refractivity contribution in [2.24, 2.45) is 11.7 Å². The Balaban J connectivity index is 1.87. The molecule has 19 heavy (non-hydrogen) atoms. The summed E-state index contributed by atoms with van der Waals surface area (Å²) >= 11 is 0. The van der Waals surface area contributed by atoms with Crippen molar-refractivity contribution >= 4 is 5.91 Å². The van der Waals surface area contributed by atoms with Crippen LogP contribution in [0.2, 0.25) is 0 Å². The fourth-order valence-corrected chi connectivity index (χ4v) is 2.52. The van der Waals surface area contributed by atoms with Gasteiger partial charge >= 0.3 is 0 Å². The predicted octanol–water partition coefficient (Wildman–Crippen LogP) is 1.27. The zero-order valence-corrected chi connectivity index (χ0v) is 11.3. The number of aryl methyl sites for hydroxylation is 1. The van der Waals surface area contributed by atoms with Gasteiger partial charge < -0.3 is 16.2 Å². The van der Waals surface area contributed by atoms with Crippen LogP contribution in [-0.2, 0) is 4.79 Å². The van der Waals surface area contributed by atoms with Crippen LogP contribution in [0.25, 0.3) is 0 Å². The summed E-state index contributed by atoms with van der Waals surface area (Å²) in [4.78, 5) is 12.0. The van der Waals surface area contributed by atoms with Gasteiger partial charge in [0.2, 0.25) is 5.91 Å². The van der Waals surface area contributed by atoms with Crippen LogP contribution in [0.5, 0.6) is 0 Å². The van der Waals surface area contributed by atoms with Gasteiger partial charge in [-0.1, -0.05) is 36.2 Å². The molecule has 4 N–H and O–H groups in total. The minimum atomic E-state index is -0.640. The third-order valence-corrected chi connectivity index (χ3v) is 3.88. The van der Waals surface area contributed by atoms with E-state index in [-0.39, 0.29) is 17.9 Å². The monoisotopic (exact) mass is 262 g/mol. The Labute approximate surface area is 114 Å². The maximum atomic E-state index is 12.0. The van der Waals surface area contributed by atoms with E-state index in [0.717, 1.165) is 30.4 Å². The highest BCUT2D eigenvalue weighted by Gasteiger charge is 2.26. The molecule has 3 unspecified atom stereocenters. The summed E-state index contributed by atoms with van der Waals surface area (Å²) in [7, 11) is 0. The van der Waals surface area contributed by atoms with Gasteiger partial charge in [-0.3, -0.25) is 4.79 Å². The third-order valence-electron chi connectivity index (χ3n) is 3.88. The second-order valence-electron chi connectivity index (χ2n) is 5.39. The predicted molar refractivity (Wildman–Crippen MR) is 74.5 cm³/mol. The number of benzene rings is 1. The lowest BCUT2D eigenvalue weighted by atomic mass is 10.0. The lowest BCUT2D eigenvalue weighted by molar-refractivity contribution is -0.122. The van der Waals surface area contributed by atoms with Crippen molar-refractivity contribution in [1.82, 2.24) is 5.32 Å². The topological polar surface area (TPSA) is 75.4 Å². The Hall–Kier alpha value is -1.39. The molecule has 0 radical (unpaired) electrons. The van der Waals surface area contributed by atoms with Crippen LogP contribution in [0.1, 0.15) is 36.4 Å². The van der Waals surface area contributed by atoms with Gasteiger partial charge in [-0.25, -0.2) is 0 Å². The number of carbonyl (C=O) groups excluding carboxylic acids is 1. The minimum Gasteiger partial charge on any atom is -0.393 e. The number of nitrogens with one attached hydrogen (secondary N) is 1. The molecular weight excluding hydrogens is 240 g/mol. The van der Waals surface area contributed by atoms with Crippen LogP contribution < -0.4 is 11.1 Å². The molecule has 0 aliphatic heterocycles. The second kappa shape index (κ2) is 6.17. The first-order chi connectivity index (χ1) is 9.08. The molecule has 1 aliphatic carbocycles. The van der Waals surface area contributed by atoms with Crippen LogP contribution in [0, 0.1) is 12.8 Å². The number of nitrogens with two attached hydrogens (primary N) is 1. The highest BCUT2D eigenvalue weighted by atomic mass is 16.3. The fraction of sp³-hybridized carbons (Fsp3) is 0.533. The number of aliphatic hydroxyl groups is 1. The van der Waals surface area contributed by atoms with E-state index in [0.29, 0.717) is 6.54 Å². The Morgan fingerprint density at radius 1 is 1.42 bits per heavy atom. The molecule has 2 rings (SSSR count). The first-order valence-electron chi connectivity index (χ1n) is 6.86. The molecule has 104 valence electrons. The van der Waals surface area contributed by atoms with Gasteiger partial charge in [0.25, 0.3) is 0 Å². The number of hydrogen-bond acceptors (Lipinski definition) is 3. The van der Waals surface area contributed by atoms with Gasteiger partial charge in [0, 0.05) is 12.5 Å². The lowest BCUT2D eigenvalue weighted by Gasteiger charge is -2.17. The maximum Gasteiger partial charge on any atom is 0.241 e. The maximum absolute atomic E-state index is 12.0. The zero-order valence-electron chi connectivity index (χ0n) is 11.3. The largest absolute Gasteiger partial charge is 0.393 e. The number of hydrogen-bond donors (Lipinski definition) is 3. The molecular formula is C15H22N2O2. The van der Waals surface area contributed by atoms with Crippen molar-refractivity contribution in [2.75, 3.05) is 6.54 Å². The van der Waals surface area contributed by atoms with Crippen LogP contribution in [0.15, 0.2) is 24.3 Å². The lowest BCUT2D eigenvalue weighted by Crippen LogP contribution is -2.38. The average molecular weight is 262 g/mol. The van der Waals surface area contributed by atoms with E-state index in [4.69, 9.17) is 5.73 Å². The van der Waals surface area contributed by atoms with E-state index in [1.807, 2.05) is 31.2 Å². The molecule has 1 aromatic rings. The average Bonchev–Trinajstić information content (AvgIpc) is 2.81. The molecule has 0 heterocycles. The Bertz CT molecular complexity index is 430. The standard InChI is InChI=1S/C15H22N2O2/c1-10-5-7-11(8-6-10)14(16)15(19)17-9-12-3-2-4-13(12)18/h5-8,12-14,18H,2-4,9,16H2,1H3,(H,17,19). The van der Waals surface area contributed by atoms with Crippen molar-refractivity contribution in [3.8, 4) is 0 Å². The number of carbonyl (C=O) groups is 1. The van der Waals surface area contributed by atoms with E-state index in [1.165, 1.54) is 0 Å². The molecule has 1 amide bonds. The van der Waals surface area contributed by atoms with E-state index >= 15 is 0 Å². The van der Waals surface area contributed by atoms with E-state index in [2.05, 4.69) is 5.32 Å². The number of rotatable bonds is 4. The molecule has 0 spiro atoms. The molecule has 4 heteroatoms. The summed E-state index contributed by atoms with van der Waals surface area (Å²) in [6, 6.07) is 7.01. The minimum absolute atomic E-state index is 0.175. The smallest absolute Gasteiger partial charge is 0.241 e. The molecule has 1 aromatic carbocycles. The molecule has 0 saturated heterocycles. The van der Waals surface area contributed by atoms with Crippen molar-refractivity contribution < 1.29 is 9.90 Å². The van der Waals surface area contributed by atoms with E-state index in [1.54, 1.807) is 0 Å². The summed E-state index contributed by atoms with van der Waals surface area (Å²) < 4.78 is 0. The van der Waals surface area contributed by atoms with Crippen molar-refractivity contribution in [1.29, 1.82) is 0 Å². The highest BCUT2D eigenvalue weighted by Crippen LogP contribution is 2.24. The van der Waals surface area contributed by atoms with Gasteiger partial charge in [-0.05, 0) is 25.3 Å². The van der Waals surface area contributed by atoms with Crippen LogP contribution >= 0.6 is 0 Å². The first-order valence-corrected chi connectivity index (χ1v) is 6.86. The summed E-state index contributed by atoms with van der Waals surface area (Å²) in [6.45, 7) is 2.51. The quantitative estimate of drug-likeness (QED) is 0.765. The Kier molecular flexibility index (Phi) is 4.56. The van der Waals surface area contributed by atoms with Crippen LogP contribution in [0.3, 0.4) is 0 Å². The Morgan fingerprint density at radius 3 is 2.68 bits per heavy atom. The van der Waals surface area contributed by atoms with Gasteiger partial charge in [-0.15, -0.1) is 0 Å². The zero-order chi connectivity index (χ0) is 13.8. The van der Waals surface area contributed by atoms with Gasteiger partial charge in [0.1, 0.15) is 6.04 Å². The summed E-state index contributed by atoms with van der Waals surface area (Å²) in [5, 5.41) is 12.5. The summed E-state index contributed by atoms with van der Waals surface area (Å²) in [5.74, 6) is -0.00267. The Morgan fingerprint density at radius 2 is 2.11 bits per heavy atom. The third kappa shape index (κ3) is 3.55. The normalized spacial score (nSPS) is 24.2. The van der Waals surface area contributed by atoms with Crippen LogP contribution in [-0.4, -0.2) is 23.7 Å². The highest BCUT2D eigenvalue weighted by molar-refractivity contribution is 5.82. The fourth-order valence-electron chi connectivity index (χ4n) is 2.52. The van der Waals surface area contributed by atoms with Crippen molar-refractivity contribution in [3.63, 3.8) is 0 Å². The second-order valence-corrected chi connectivity index (χ2v) is 5.39.